The van der Waals surface area contributed by atoms with E-state index in [1.165, 1.54) is 31.5 Å². The molecule has 0 aromatic heterocycles. The molecule has 0 amide bonds. The topological polar surface area (TPSA) is 48.6 Å². The second kappa shape index (κ2) is 8.11. The lowest BCUT2D eigenvalue weighted by molar-refractivity contribution is 0.256. The van der Waals surface area contributed by atoms with Crippen LogP contribution in [0.1, 0.15) is 31.4 Å². The highest BCUT2D eigenvalue weighted by atomic mass is 16.5. The maximum Gasteiger partial charge on any atom is 0.118 e. The average molecular weight is 318 g/mol. The number of hydrazine groups is 1. The molecule has 3 unspecified atom stereocenters. The summed E-state index contributed by atoms with van der Waals surface area (Å²) >= 11 is 0. The molecule has 23 heavy (non-hydrogen) atoms. The quantitative estimate of drug-likeness (QED) is 0.712. The lowest BCUT2D eigenvalue weighted by Gasteiger charge is -2.25. The Balaban J connectivity index is 1.50. The summed E-state index contributed by atoms with van der Waals surface area (Å²) in [6, 6.07) is 9.48. The van der Waals surface area contributed by atoms with Gasteiger partial charge in [0.2, 0.25) is 0 Å². The summed E-state index contributed by atoms with van der Waals surface area (Å²) in [6.45, 7) is 7.87. The van der Waals surface area contributed by atoms with Gasteiger partial charge in [0.15, 0.2) is 0 Å². The number of likely N-dealkylation sites (N-methyl/N-ethyl adjacent to an activating group) is 1. The molecule has 0 aliphatic carbocycles. The molecule has 0 radical (unpaired) electrons. The van der Waals surface area contributed by atoms with Gasteiger partial charge in [0.05, 0.1) is 13.2 Å². The maximum absolute atomic E-state index is 5.25. The van der Waals surface area contributed by atoms with Crippen molar-refractivity contribution < 1.29 is 4.74 Å². The predicted molar refractivity (Wildman–Crippen MR) is 93.5 cm³/mol. The normalized spacial score (nSPS) is 28.3. The fourth-order valence-corrected chi connectivity index (χ4v) is 3.87. The fraction of sp³-hybridized carbons (Fsp3) is 0.667. The third-order valence-electron chi connectivity index (χ3n) is 5.26. The van der Waals surface area contributed by atoms with Gasteiger partial charge in [0.1, 0.15) is 5.75 Å². The summed E-state index contributed by atoms with van der Waals surface area (Å²) < 4.78 is 5.25. The molecule has 5 heteroatoms. The van der Waals surface area contributed by atoms with E-state index in [0.29, 0.717) is 12.0 Å². The van der Waals surface area contributed by atoms with Crippen LogP contribution in [-0.2, 0) is 0 Å². The summed E-state index contributed by atoms with van der Waals surface area (Å²) in [4.78, 5) is 2.60. The van der Waals surface area contributed by atoms with E-state index in [1.807, 2.05) is 12.1 Å². The molecule has 2 heterocycles. The molecule has 0 bridgehead atoms. The molecular weight excluding hydrogens is 288 g/mol. The molecule has 1 aromatic carbocycles. The van der Waals surface area contributed by atoms with Crippen LogP contribution in [0.15, 0.2) is 24.3 Å². The third-order valence-corrected chi connectivity index (χ3v) is 5.26. The summed E-state index contributed by atoms with van der Waals surface area (Å²) in [5.41, 5.74) is 8.05. The van der Waals surface area contributed by atoms with E-state index in [9.17, 15) is 0 Å². The minimum atomic E-state index is 0.360. The second-order valence-electron chi connectivity index (χ2n) is 6.62. The molecule has 3 atom stereocenters. The molecule has 0 spiro atoms. The van der Waals surface area contributed by atoms with Crippen LogP contribution >= 0.6 is 0 Å². The fourth-order valence-electron chi connectivity index (χ4n) is 3.87. The standard InChI is InChI=1S/C18H30N4O/c1-3-22-10-4-5-16(22)13-19-11-15-12-20-21-18(15)14-6-8-17(23-2)9-7-14/h6-9,15-16,18-21H,3-5,10-13H2,1-2H3. The summed E-state index contributed by atoms with van der Waals surface area (Å²) in [5, 5.41) is 3.71. The molecule has 128 valence electrons. The van der Waals surface area contributed by atoms with Crippen LogP contribution in [0, 0.1) is 5.92 Å². The average Bonchev–Trinajstić information content (AvgIpc) is 3.24. The number of ether oxygens (including phenoxy) is 1. The summed E-state index contributed by atoms with van der Waals surface area (Å²) in [5.74, 6) is 1.48. The number of rotatable bonds is 7. The number of hydrogen-bond acceptors (Lipinski definition) is 5. The van der Waals surface area contributed by atoms with E-state index >= 15 is 0 Å². The highest BCUT2D eigenvalue weighted by Gasteiger charge is 2.29. The van der Waals surface area contributed by atoms with E-state index < -0.39 is 0 Å². The Morgan fingerprint density at radius 1 is 1.26 bits per heavy atom. The van der Waals surface area contributed by atoms with Crippen molar-refractivity contribution in [3.63, 3.8) is 0 Å². The van der Waals surface area contributed by atoms with Gasteiger partial charge in [-0.3, -0.25) is 10.3 Å². The van der Waals surface area contributed by atoms with E-state index in [0.717, 1.165) is 31.4 Å². The zero-order valence-electron chi connectivity index (χ0n) is 14.3. The summed E-state index contributed by atoms with van der Waals surface area (Å²) in [6.07, 6.45) is 2.69. The molecule has 3 rings (SSSR count). The Kier molecular flexibility index (Phi) is 5.89. The van der Waals surface area contributed by atoms with Crippen molar-refractivity contribution in [3.05, 3.63) is 29.8 Å². The molecule has 2 saturated heterocycles. The molecule has 3 N–H and O–H groups in total. The summed E-state index contributed by atoms with van der Waals surface area (Å²) in [7, 11) is 1.71. The Labute approximate surface area is 139 Å². The number of likely N-dealkylation sites (tertiary alicyclic amines) is 1. The Hall–Kier alpha value is -1.14. The van der Waals surface area contributed by atoms with Gasteiger partial charge in [-0.25, -0.2) is 5.43 Å². The highest BCUT2D eigenvalue weighted by Crippen LogP contribution is 2.26. The van der Waals surface area contributed by atoms with Crippen molar-refractivity contribution in [2.24, 2.45) is 5.92 Å². The lowest BCUT2D eigenvalue weighted by atomic mass is 9.94. The van der Waals surface area contributed by atoms with Crippen molar-refractivity contribution in [3.8, 4) is 5.75 Å². The maximum atomic E-state index is 5.25. The first-order valence-electron chi connectivity index (χ1n) is 8.89. The van der Waals surface area contributed by atoms with E-state index in [1.54, 1.807) is 7.11 Å². The van der Waals surface area contributed by atoms with Gasteiger partial charge in [0, 0.05) is 31.6 Å². The molecular formula is C18H30N4O. The Morgan fingerprint density at radius 3 is 2.83 bits per heavy atom. The zero-order valence-corrected chi connectivity index (χ0v) is 14.3. The van der Waals surface area contributed by atoms with Gasteiger partial charge in [-0.05, 0) is 43.6 Å². The third kappa shape index (κ3) is 4.04. The minimum absolute atomic E-state index is 0.360. The van der Waals surface area contributed by atoms with Crippen molar-refractivity contribution in [1.82, 2.24) is 21.1 Å². The smallest absolute Gasteiger partial charge is 0.118 e. The van der Waals surface area contributed by atoms with E-state index in [4.69, 9.17) is 4.74 Å². The van der Waals surface area contributed by atoms with Gasteiger partial charge >= 0.3 is 0 Å². The number of nitrogens with zero attached hydrogens (tertiary/aromatic N) is 1. The van der Waals surface area contributed by atoms with Crippen LogP contribution < -0.4 is 20.9 Å². The van der Waals surface area contributed by atoms with Crippen molar-refractivity contribution >= 4 is 0 Å². The molecule has 2 aliphatic rings. The van der Waals surface area contributed by atoms with Gasteiger partial charge in [0.25, 0.3) is 0 Å². The van der Waals surface area contributed by atoms with Gasteiger partial charge in [-0.15, -0.1) is 0 Å². The van der Waals surface area contributed by atoms with Crippen molar-refractivity contribution in [2.45, 2.75) is 31.8 Å². The zero-order chi connectivity index (χ0) is 16.1. The highest BCUT2D eigenvalue weighted by molar-refractivity contribution is 5.30. The van der Waals surface area contributed by atoms with Crippen LogP contribution in [0.25, 0.3) is 0 Å². The number of nitrogens with one attached hydrogen (secondary N) is 3. The Bertz CT molecular complexity index is 478. The minimum Gasteiger partial charge on any atom is -0.497 e. The van der Waals surface area contributed by atoms with E-state index in [2.05, 4.69) is 40.1 Å². The Morgan fingerprint density at radius 2 is 2.09 bits per heavy atom. The predicted octanol–water partition coefficient (Wildman–Crippen LogP) is 1.53. The first kappa shape index (κ1) is 16.7. The van der Waals surface area contributed by atoms with Crippen LogP contribution in [0.3, 0.4) is 0 Å². The number of benzene rings is 1. The van der Waals surface area contributed by atoms with Crippen LogP contribution in [0.2, 0.25) is 0 Å². The first-order chi connectivity index (χ1) is 11.3. The number of hydrogen-bond donors (Lipinski definition) is 3. The molecule has 2 fully saturated rings. The second-order valence-corrected chi connectivity index (χ2v) is 6.62. The molecule has 1 aromatic rings. The van der Waals surface area contributed by atoms with Gasteiger partial charge < -0.3 is 10.1 Å². The monoisotopic (exact) mass is 318 g/mol. The molecule has 2 aliphatic heterocycles. The number of methoxy groups -OCH3 is 1. The van der Waals surface area contributed by atoms with Crippen LogP contribution in [0.5, 0.6) is 5.75 Å². The van der Waals surface area contributed by atoms with Gasteiger partial charge in [-0.1, -0.05) is 19.1 Å². The lowest BCUT2D eigenvalue weighted by Crippen LogP contribution is -2.40. The van der Waals surface area contributed by atoms with Crippen LogP contribution in [-0.4, -0.2) is 50.8 Å². The molecule has 0 saturated carbocycles. The van der Waals surface area contributed by atoms with Crippen molar-refractivity contribution in [1.29, 1.82) is 0 Å². The van der Waals surface area contributed by atoms with Crippen molar-refractivity contribution in [2.75, 3.05) is 39.8 Å². The first-order valence-corrected chi connectivity index (χ1v) is 8.89. The largest absolute Gasteiger partial charge is 0.497 e. The van der Waals surface area contributed by atoms with Gasteiger partial charge in [-0.2, -0.15) is 0 Å². The van der Waals surface area contributed by atoms with Crippen LogP contribution in [0.4, 0.5) is 0 Å². The van der Waals surface area contributed by atoms with E-state index in [-0.39, 0.29) is 0 Å². The SMILES string of the molecule is CCN1CCCC1CNCC1CNNC1c1ccc(OC)cc1. The molecule has 5 nitrogen and oxygen atoms in total.